The molecule has 0 atom stereocenters. The van der Waals surface area contributed by atoms with Crippen LogP contribution in [0.4, 0.5) is 0 Å². The first-order valence-electron chi connectivity index (χ1n) is 7.64. The molecule has 1 aliphatic carbocycles. The van der Waals surface area contributed by atoms with Crippen LogP contribution in [-0.2, 0) is 17.6 Å². The van der Waals surface area contributed by atoms with Gasteiger partial charge in [-0.05, 0) is 12.3 Å². The molecule has 2 aromatic heterocycles. The lowest BCUT2D eigenvalue weighted by atomic mass is 9.87. The van der Waals surface area contributed by atoms with Gasteiger partial charge in [-0.15, -0.1) is 10.2 Å². The lowest BCUT2D eigenvalue weighted by Gasteiger charge is -2.20. The van der Waals surface area contributed by atoms with E-state index in [1.165, 1.54) is 43.4 Å². The zero-order valence-electron chi connectivity index (χ0n) is 12.0. The Bertz CT molecular complexity index is 616. The van der Waals surface area contributed by atoms with Crippen molar-refractivity contribution in [2.75, 3.05) is 0 Å². The summed E-state index contributed by atoms with van der Waals surface area (Å²) in [4.78, 5) is 11.4. The molecule has 6 nitrogen and oxygen atoms in total. The van der Waals surface area contributed by atoms with E-state index < -0.39 is 5.97 Å². The number of carboxylic acids is 1. The standard InChI is InChI=1S/C14H20N4O2S/c19-13(20)8-4-7-12-17-18-11(15-16-14(18)21-12)9-10-5-2-1-3-6-10/h10H,1-9H2,(H,19,20). The minimum Gasteiger partial charge on any atom is -0.481 e. The molecule has 0 aromatic carbocycles. The molecule has 0 saturated heterocycles. The summed E-state index contributed by atoms with van der Waals surface area (Å²) in [5.41, 5.74) is 0. The van der Waals surface area contributed by atoms with E-state index in [9.17, 15) is 4.79 Å². The van der Waals surface area contributed by atoms with Gasteiger partial charge in [-0.2, -0.15) is 9.61 Å². The van der Waals surface area contributed by atoms with E-state index in [4.69, 9.17) is 5.11 Å². The third-order valence-electron chi connectivity index (χ3n) is 4.07. The molecule has 1 N–H and O–H groups in total. The van der Waals surface area contributed by atoms with E-state index in [2.05, 4.69) is 15.3 Å². The highest BCUT2D eigenvalue weighted by Gasteiger charge is 2.19. The summed E-state index contributed by atoms with van der Waals surface area (Å²) in [6.45, 7) is 0. The smallest absolute Gasteiger partial charge is 0.303 e. The van der Waals surface area contributed by atoms with Crippen molar-refractivity contribution < 1.29 is 9.90 Å². The van der Waals surface area contributed by atoms with Crippen molar-refractivity contribution in [2.45, 2.75) is 57.8 Å². The minimum absolute atomic E-state index is 0.190. The first-order valence-corrected chi connectivity index (χ1v) is 8.46. The Morgan fingerprint density at radius 2 is 2.10 bits per heavy atom. The van der Waals surface area contributed by atoms with E-state index in [-0.39, 0.29) is 6.42 Å². The van der Waals surface area contributed by atoms with Crippen LogP contribution in [0.1, 0.15) is 55.8 Å². The predicted molar refractivity (Wildman–Crippen MR) is 79.5 cm³/mol. The average molecular weight is 308 g/mol. The fourth-order valence-electron chi connectivity index (χ4n) is 2.97. The van der Waals surface area contributed by atoms with Crippen molar-refractivity contribution in [3.8, 4) is 0 Å². The van der Waals surface area contributed by atoms with Crippen molar-refractivity contribution in [2.24, 2.45) is 5.92 Å². The largest absolute Gasteiger partial charge is 0.481 e. The summed E-state index contributed by atoms with van der Waals surface area (Å²) in [6.07, 6.45) is 9.04. The van der Waals surface area contributed by atoms with E-state index in [1.54, 1.807) is 0 Å². The highest BCUT2D eigenvalue weighted by Crippen LogP contribution is 2.27. The summed E-state index contributed by atoms with van der Waals surface area (Å²) in [6, 6.07) is 0. The third kappa shape index (κ3) is 3.58. The molecule has 1 saturated carbocycles. The van der Waals surface area contributed by atoms with Gasteiger partial charge in [-0.25, -0.2) is 0 Å². The van der Waals surface area contributed by atoms with Crippen LogP contribution >= 0.6 is 11.3 Å². The number of aliphatic carboxylic acids is 1. The van der Waals surface area contributed by atoms with Crippen molar-refractivity contribution in [1.29, 1.82) is 0 Å². The van der Waals surface area contributed by atoms with Gasteiger partial charge >= 0.3 is 5.97 Å². The van der Waals surface area contributed by atoms with Gasteiger partial charge in [-0.1, -0.05) is 43.4 Å². The van der Waals surface area contributed by atoms with Crippen LogP contribution in [0.25, 0.3) is 4.96 Å². The van der Waals surface area contributed by atoms with Gasteiger partial charge in [0.15, 0.2) is 5.82 Å². The van der Waals surface area contributed by atoms with Gasteiger partial charge in [0.05, 0.1) is 0 Å². The topological polar surface area (TPSA) is 80.4 Å². The second-order valence-electron chi connectivity index (χ2n) is 5.76. The maximum absolute atomic E-state index is 10.5. The zero-order valence-corrected chi connectivity index (χ0v) is 12.8. The van der Waals surface area contributed by atoms with E-state index >= 15 is 0 Å². The first-order chi connectivity index (χ1) is 10.2. The lowest BCUT2D eigenvalue weighted by Crippen LogP contribution is -2.11. The summed E-state index contributed by atoms with van der Waals surface area (Å²) in [5.74, 6) is 0.914. The number of aromatic nitrogens is 4. The molecule has 1 aliphatic rings. The Hall–Kier alpha value is -1.50. The molecule has 7 heteroatoms. The van der Waals surface area contributed by atoms with Crippen LogP contribution in [0.5, 0.6) is 0 Å². The Morgan fingerprint density at radius 1 is 1.29 bits per heavy atom. The average Bonchev–Trinajstić information content (AvgIpc) is 3.01. The lowest BCUT2D eigenvalue weighted by molar-refractivity contribution is -0.137. The number of aryl methyl sites for hydroxylation is 1. The van der Waals surface area contributed by atoms with Crippen molar-refractivity contribution in [3.05, 3.63) is 10.8 Å². The number of carboxylic acid groups (broad SMARTS) is 1. The molecule has 1 fully saturated rings. The number of hydrogen-bond donors (Lipinski definition) is 1. The van der Waals surface area contributed by atoms with Crippen LogP contribution in [0.2, 0.25) is 0 Å². The van der Waals surface area contributed by atoms with Crippen LogP contribution in [0, 0.1) is 5.92 Å². The van der Waals surface area contributed by atoms with Gasteiger partial charge in [-0.3, -0.25) is 4.79 Å². The van der Waals surface area contributed by atoms with Gasteiger partial charge in [0, 0.05) is 19.3 Å². The summed E-state index contributed by atoms with van der Waals surface area (Å²) < 4.78 is 1.86. The molecule has 0 bridgehead atoms. The number of nitrogens with zero attached hydrogens (tertiary/aromatic N) is 4. The van der Waals surface area contributed by atoms with E-state index in [1.807, 2.05) is 4.52 Å². The van der Waals surface area contributed by atoms with Crippen molar-refractivity contribution in [1.82, 2.24) is 19.8 Å². The molecular formula is C14H20N4O2S. The van der Waals surface area contributed by atoms with Crippen molar-refractivity contribution >= 4 is 22.3 Å². The first kappa shape index (κ1) is 14.4. The Kier molecular flexibility index (Phi) is 4.48. The number of hydrogen-bond acceptors (Lipinski definition) is 5. The number of rotatable bonds is 6. The molecule has 2 heterocycles. The maximum atomic E-state index is 10.5. The monoisotopic (exact) mass is 308 g/mol. The van der Waals surface area contributed by atoms with E-state index in [0.29, 0.717) is 18.8 Å². The van der Waals surface area contributed by atoms with Gasteiger partial charge in [0.1, 0.15) is 5.01 Å². The molecular weight excluding hydrogens is 288 g/mol. The zero-order chi connectivity index (χ0) is 14.7. The van der Waals surface area contributed by atoms with Crippen LogP contribution in [0.15, 0.2) is 0 Å². The second kappa shape index (κ2) is 6.51. The highest BCUT2D eigenvalue weighted by atomic mass is 32.1. The Labute approximate surface area is 127 Å². The minimum atomic E-state index is -0.754. The van der Waals surface area contributed by atoms with Gasteiger partial charge in [0.25, 0.3) is 0 Å². The number of fused-ring (bicyclic) bond motifs is 1. The van der Waals surface area contributed by atoms with Crippen LogP contribution < -0.4 is 0 Å². The molecule has 0 unspecified atom stereocenters. The normalized spacial score (nSPS) is 16.6. The molecule has 0 amide bonds. The fourth-order valence-corrected chi connectivity index (χ4v) is 3.86. The van der Waals surface area contributed by atoms with Gasteiger partial charge < -0.3 is 5.11 Å². The fraction of sp³-hybridized carbons (Fsp3) is 0.714. The molecule has 114 valence electrons. The predicted octanol–water partition coefficient (Wildman–Crippen LogP) is 2.72. The van der Waals surface area contributed by atoms with Crippen molar-refractivity contribution in [3.63, 3.8) is 0 Å². The number of carbonyl (C=O) groups is 1. The molecule has 0 spiro atoms. The summed E-state index contributed by atoms with van der Waals surface area (Å²) in [5, 5.41) is 22.6. The Balaban J connectivity index is 1.66. The third-order valence-corrected chi connectivity index (χ3v) is 5.03. The molecule has 0 radical (unpaired) electrons. The maximum Gasteiger partial charge on any atom is 0.303 e. The molecule has 0 aliphatic heterocycles. The Morgan fingerprint density at radius 3 is 2.86 bits per heavy atom. The summed E-state index contributed by atoms with van der Waals surface area (Å²) in [7, 11) is 0. The van der Waals surface area contributed by atoms with Gasteiger partial charge in [0.2, 0.25) is 4.96 Å². The molecule has 21 heavy (non-hydrogen) atoms. The molecule has 3 rings (SSSR count). The highest BCUT2D eigenvalue weighted by molar-refractivity contribution is 7.16. The SMILES string of the molecule is O=C(O)CCCc1nn2c(CC3CCCCC3)nnc2s1. The van der Waals surface area contributed by atoms with Crippen LogP contribution in [-0.4, -0.2) is 30.9 Å². The summed E-state index contributed by atoms with van der Waals surface area (Å²) >= 11 is 1.52. The van der Waals surface area contributed by atoms with Crippen LogP contribution in [0.3, 0.4) is 0 Å². The van der Waals surface area contributed by atoms with E-state index in [0.717, 1.165) is 22.2 Å². The quantitative estimate of drug-likeness (QED) is 0.887. The second-order valence-corrected chi connectivity index (χ2v) is 6.80. The molecule has 2 aromatic rings.